The molecule has 0 unspecified atom stereocenters. The van der Waals surface area contributed by atoms with Gasteiger partial charge in [-0.05, 0) is 49.7 Å². The van der Waals surface area contributed by atoms with Crippen molar-refractivity contribution >= 4 is 39.8 Å². The van der Waals surface area contributed by atoms with E-state index >= 15 is 0 Å². The molecule has 2 heterocycles. The Morgan fingerprint density at radius 3 is 2.31 bits per heavy atom. The maximum atomic E-state index is 13.0. The Morgan fingerprint density at radius 1 is 0.969 bits per heavy atom. The molecule has 0 saturated carbocycles. The van der Waals surface area contributed by atoms with E-state index in [0.29, 0.717) is 40.1 Å². The van der Waals surface area contributed by atoms with Crippen molar-refractivity contribution < 1.29 is 14.3 Å². The molecule has 2 aromatic carbocycles. The van der Waals surface area contributed by atoms with Gasteiger partial charge in [0.15, 0.2) is 11.4 Å². The number of rotatable bonds is 8. The third-order valence-corrected chi connectivity index (χ3v) is 5.46. The van der Waals surface area contributed by atoms with E-state index in [-0.39, 0.29) is 17.2 Å². The fraction of sp³-hybridized carbons (Fsp3) is 0.280. The third kappa shape index (κ3) is 4.06. The molecule has 32 heavy (non-hydrogen) atoms. The lowest BCUT2D eigenvalue weighted by Crippen LogP contribution is -2.10. The molecule has 7 heteroatoms. The molecule has 4 rings (SSSR count). The quantitative estimate of drug-likeness (QED) is 0.237. The monoisotopic (exact) mass is 430 g/mol. The molecule has 0 fully saturated rings. The number of ether oxygens (including phenoxy) is 1. The molecule has 2 aromatic heterocycles. The number of esters is 1. The predicted molar refractivity (Wildman–Crippen MR) is 125 cm³/mol. The van der Waals surface area contributed by atoms with Crippen LogP contribution in [-0.4, -0.2) is 32.9 Å². The predicted octanol–water partition coefficient (Wildman–Crippen LogP) is 5.10. The number of hydrogen-bond acceptors (Lipinski definition) is 6. The molecule has 0 aliphatic carbocycles. The highest BCUT2D eigenvalue weighted by Gasteiger charge is 2.26. The number of Topliss-reactive ketones (excluding diaryl/α,β-unsaturated/α-hetero) is 1. The molecule has 164 valence electrons. The average molecular weight is 431 g/mol. The zero-order chi connectivity index (χ0) is 22.7. The van der Waals surface area contributed by atoms with Crippen molar-refractivity contribution in [3.05, 3.63) is 59.7 Å². The second-order valence-corrected chi connectivity index (χ2v) is 7.78. The lowest BCUT2D eigenvalue weighted by molar-refractivity contribution is 0.0501. The van der Waals surface area contributed by atoms with Crippen LogP contribution in [0, 0.1) is 0 Å². The highest BCUT2D eigenvalue weighted by atomic mass is 16.5. The summed E-state index contributed by atoms with van der Waals surface area (Å²) in [4.78, 5) is 34.1. The number of hydrogen-bond donors (Lipinski definition) is 1. The van der Waals surface area contributed by atoms with Gasteiger partial charge in [-0.15, -0.1) is 0 Å². The number of carbonyl (C=O) groups excluding carboxylic acids is 2. The van der Waals surface area contributed by atoms with Crippen LogP contribution < -0.4 is 5.73 Å². The minimum atomic E-state index is -0.507. The van der Waals surface area contributed by atoms with Crippen molar-refractivity contribution in [2.24, 2.45) is 0 Å². The molecule has 0 atom stereocenters. The molecule has 0 aliphatic heterocycles. The lowest BCUT2D eigenvalue weighted by Gasteiger charge is -2.09. The van der Waals surface area contributed by atoms with Gasteiger partial charge in [0.2, 0.25) is 0 Å². The Kier molecular flexibility index (Phi) is 6.16. The van der Waals surface area contributed by atoms with Crippen molar-refractivity contribution in [2.75, 3.05) is 12.3 Å². The zero-order valence-corrected chi connectivity index (χ0v) is 18.3. The number of aromatic nitrogens is 3. The number of ketones is 1. The van der Waals surface area contributed by atoms with Gasteiger partial charge in [0.25, 0.3) is 0 Å². The maximum Gasteiger partial charge on any atom is 0.344 e. The summed E-state index contributed by atoms with van der Waals surface area (Å²) in [6.45, 7) is 3.98. The minimum absolute atomic E-state index is 0.0278. The molecular weight excluding hydrogens is 404 g/mol. The van der Waals surface area contributed by atoms with Crippen molar-refractivity contribution in [3.8, 4) is 5.69 Å². The SMILES string of the molecule is CCCCCCOC(=O)c1c(N)n(-c2ccc(C(C)=O)cc2)c2nc3ccccc3nc12. The molecule has 7 nitrogen and oxygen atoms in total. The van der Waals surface area contributed by atoms with Gasteiger partial charge in [0.1, 0.15) is 16.9 Å². The van der Waals surface area contributed by atoms with Gasteiger partial charge < -0.3 is 10.5 Å². The fourth-order valence-corrected chi connectivity index (χ4v) is 3.74. The lowest BCUT2D eigenvalue weighted by atomic mass is 10.1. The summed E-state index contributed by atoms with van der Waals surface area (Å²) in [6.07, 6.45) is 4.03. The summed E-state index contributed by atoms with van der Waals surface area (Å²) in [5, 5.41) is 0. The number of para-hydroxylation sites is 2. The highest BCUT2D eigenvalue weighted by molar-refractivity contribution is 6.09. The van der Waals surface area contributed by atoms with Crippen LogP contribution in [0.3, 0.4) is 0 Å². The third-order valence-electron chi connectivity index (χ3n) is 5.46. The summed E-state index contributed by atoms with van der Waals surface area (Å²) < 4.78 is 7.22. The number of unbranched alkanes of at least 4 members (excludes halogenated alkanes) is 3. The molecule has 0 spiro atoms. The van der Waals surface area contributed by atoms with Gasteiger partial charge in [-0.25, -0.2) is 14.8 Å². The molecule has 0 bridgehead atoms. The van der Waals surface area contributed by atoms with Crippen molar-refractivity contribution in [2.45, 2.75) is 39.5 Å². The van der Waals surface area contributed by atoms with Crippen LogP contribution in [0.4, 0.5) is 5.82 Å². The van der Waals surface area contributed by atoms with E-state index in [1.165, 1.54) is 6.92 Å². The van der Waals surface area contributed by atoms with Crippen LogP contribution in [0.15, 0.2) is 48.5 Å². The Balaban J connectivity index is 1.82. The first kappa shape index (κ1) is 21.5. The topological polar surface area (TPSA) is 100 Å². The first-order valence-corrected chi connectivity index (χ1v) is 10.9. The molecule has 0 amide bonds. The average Bonchev–Trinajstić information content (AvgIpc) is 3.08. The van der Waals surface area contributed by atoms with E-state index in [0.717, 1.165) is 25.7 Å². The highest BCUT2D eigenvalue weighted by Crippen LogP contribution is 2.31. The van der Waals surface area contributed by atoms with Gasteiger partial charge in [-0.1, -0.05) is 38.3 Å². The van der Waals surface area contributed by atoms with Crippen LogP contribution in [0.25, 0.3) is 27.9 Å². The van der Waals surface area contributed by atoms with E-state index in [9.17, 15) is 9.59 Å². The summed E-state index contributed by atoms with van der Waals surface area (Å²) in [7, 11) is 0. The summed E-state index contributed by atoms with van der Waals surface area (Å²) in [6, 6.07) is 14.5. The molecule has 2 N–H and O–H groups in total. The maximum absolute atomic E-state index is 13.0. The summed E-state index contributed by atoms with van der Waals surface area (Å²) >= 11 is 0. The van der Waals surface area contributed by atoms with Crippen LogP contribution in [0.5, 0.6) is 0 Å². The van der Waals surface area contributed by atoms with Gasteiger partial charge in [0.05, 0.1) is 17.6 Å². The normalized spacial score (nSPS) is 11.2. The van der Waals surface area contributed by atoms with E-state index < -0.39 is 5.97 Å². The largest absolute Gasteiger partial charge is 0.462 e. The number of benzene rings is 2. The Bertz CT molecular complexity index is 1290. The molecule has 0 saturated heterocycles. The fourth-order valence-electron chi connectivity index (χ4n) is 3.74. The smallest absolute Gasteiger partial charge is 0.344 e. The number of carbonyl (C=O) groups is 2. The van der Waals surface area contributed by atoms with Gasteiger partial charge in [-0.3, -0.25) is 9.36 Å². The Hall–Kier alpha value is -3.74. The number of nitrogens with zero attached hydrogens (tertiary/aromatic N) is 3. The van der Waals surface area contributed by atoms with E-state index in [1.54, 1.807) is 28.8 Å². The Labute approximate surface area is 186 Å². The number of anilines is 1. The first-order chi connectivity index (χ1) is 15.5. The Morgan fingerprint density at radius 2 is 1.66 bits per heavy atom. The summed E-state index contributed by atoms with van der Waals surface area (Å²) in [5.41, 5.74) is 10.2. The second kappa shape index (κ2) is 9.18. The zero-order valence-electron chi connectivity index (χ0n) is 18.3. The molecule has 0 radical (unpaired) electrons. The van der Waals surface area contributed by atoms with Crippen LogP contribution in [0.1, 0.15) is 60.2 Å². The van der Waals surface area contributed by atoms with E-state index in [2.05, 4.69) is 6.92 Å². The van der Waals surface area contributed by atoms with Gasteiger partial charge in [0, 0.05) is 11.3 Å². The van der Waals surface area contributed by atoms with Crippen molar-refractivity contribution in [3.63, 3.8) is 0 Å². The van der Waals surface area contributed by atoms with Gasteiger partial charge in [-0.2, -0.15) is 0 Å². The van der Waals surface area contributed by atoms with E-state index in [1.807, 2.05) is 24.3 Å². The summed E-state index contributed by atoms with van der Waals surface area (Å²) in [5.74, 6) is -0.322. The molecule has 0 aliphatic rings. The molecular formula is C25H26N4O3. The minimum Gasteiger partial charge on any atom is -0.462 e. The number of nitrogen functional groups attached to an aromatic ring is 1. The van der Waals surface area contributed by atoms with Crippen molar-refractivity contribution in [1.29, 1.82) is 0 Å². The van der Waals surface area contributed by atoms with Crippen LogP contribution in [0.2, 0.25) is 0 Å². The second-order valence-electron chi connectivity index (χ2n) is 7.78. The molecule has 4 aromatic rings. The van der Waals surface area contributed by atoms with Crippen LogP contribution >= 0.6 is 0 Å². The number of nitrogens with two attached hydrogens (primary N) is 1. The van der Waals surface area contributed by atoms with E-state index in [4.69, 9.17) is 20.4 Å². The number of fused-ring (bicyclic) bond motifs is 2. The first-order valence-electron chi connectivity index (χ1n) is 10.9. The van der Waals surface area contributed by atoms with Crippen molar-refractivity contribution in [1.82, 2.24) is 14.5 Å². The van der Waals surface area contributed by atoms with Gasteiger partial charge >= 0.3 is 5.97 Å². The van der Waals surface area contributed by atoms with Crippen LogP contribution in [-0.2, 0) is 4.74 Å². The standard InChI is InChI=1S/C25H26N4O3/c1-3-4-5-8-15-32-25(31)21-22-24(28-20-10-7-6-9-19(20)27-22)29(23(21)26)18-13-11-17(12-14-18)16(2)30/h6-7,9-14H,3-5,8,15,26H2,1-2H3.